The summed E-state index contributed by atoms with van der Waals surface area (Å²) in [5.74, 6) is 0.0483. The van der Waals surface area contributed by atoms with Crippen molar-refractivity contribution in [2.75, 3.05) is 6.61 Å². The molecule has 4 N–H and O–H groups in total. The predicted molar refractivity (Wildman–Crippen MR) is 142 cm³/mol. The predicted octanol–water partition coefficient (Wildman–Crippen LogP) is 3.67. The molecule has 4 fully saturated rings. The molecule has 5 aliphatic rings. The van der Waals surface area contributed by atoms with Crippen LogP contribution in [0.1, 0.15) is 50.1 Å². The van der Waals surface area contributed by atoms with E-state index in [1.807, 2.05) is 6.07 Å². The fourth-order valence-electron chi connectivity index (χ4n) is 6.38. The summed E-state index contributed by atoms with van der Waals surface area (Å²) in [5.41, 5.74) is 0.548. The first-order chi connectivity index (χ1) is 18.7. The van der Waals surface area contributed by atoms with Gasteiger partial charge in [-0.25, -0.2) is 4.39 Å². The fourth-order valence-corrected chi connectivity index (χ4v) is 6.68. The number of amides is 2. The van der Waals surface area contributed by atoms with Gasteiger partial charge in [0.1, 0.15) is 17.3 Å². The molecule has 2 aromatic carbocycles. The Balaban J connectivity index is 1.03. The van der Waals surface area contributed by atoms with Gasteiger partial charge in [-0.3, -0.25) is 9.59 Å². The van der Waals surface area contributed by atoms with E-state index in [4.69, 9.17) is 32.7 Å². The third-order valence-corrected chi connectivity index (χ3v) is 8.93. The number of carbonyl (C=O) groups excluding carboxylic acids is 2. The van der Waals surface area contributed by atoms with Crippen LogP contribution in [0, 0.1) is 11.7 Å². The summed E-state index contributed by atoms with van der Waals surface area (Å²) in [6.45, 7) is -0.241. The smallest absolute Gasteiger partial charge is 0.261 e. The monoisotopic (exact) mass is 577 g/mol. The Morgan fingerprint density at radius 2 is 1.90 bits per heavy atom. The average molecular weight is 578 g/mol. The van der Waals surface area contributed by atoms with Gasteiger partial charge in [-0.15, -0.1) is 0 Å². The molecule has 2 amide bonds. The normalized spacial score (nSPS) is 32.2. The second kappa shape index (κ2) is 10.4. The lowest BCUT2D eigenvalue weighted by atomic mass is 9.76. The van der Waals surface area contributed by atoms with Crippen molar-refractivity contribution in [3.63, 3.8) is 0 Å². The largest absolute Gasteiger partial charge is 0.484 e. The lowest BCUT2D eigenvalue weighted by Gasteiger charge is -2.42. The molecule has 0 spiro atoms. The fraction of sp³-hybridized carbons (Fsp3) is 0.500. The highest BCUT2D eigenvalue weighted by molar-refractivity contribution is 6.31. The summed E-state index contributed by atoms with van der Waals surface area (Å²) in [4.78, 5) is 25.9. The van der Waals surface area contributed by atoms with Crippen LogP contribution in [-0.4, -0.2) is 53.4 Å². The van der Waals surface area contributed by atoms with Gasteiger partial charge >= 0.3 is 0 Å². The molecule has 2 bridgehead atoms. The first-order valence-electron chi connectivity index (χ1n) is 13.3. The quantitative estimate of drug-likeness (QED) is 0.381. The van der Waals surface area contributed by atoms with E-state index in [1.165, 1.54) is 12.1 Å². The van der Waals surface area contributed by atoms with Gasteiger partial charge in [-0.05, 0) is 68.4 Å². The zero-order chi connectivity index (χ0) is 27.3. The minimum absolute atomic E-state index is 0.0119. The maximum absolute atomic E-state index is 13.6. The van der Waals surface area contributed by atoms with Crippen molar-refractivity contribution in [3.05, 3.63) is 57.8 Å². The lowest BCUT2D eigenvalue weighted by Crippen LogP contribution is -2.56. The molecule has 0 aromatic heterocycles. The molecule has 1 unspecified atom stereocenters. The molecular formula is C28H30Cl2FN3O5. The van der Waals surface area contributed by atoms with Crippen LogP contribution >= 0.6 is 23.2 Å². The molecule has 3 atom stereocenters. The second-order valence-electron chi connectivity index (χ2n) is 11.2. The molecule has 4 aliphatic carbocycles. The molecule has 11 heteroatoms. The van der Waals surface area contributed by atoms with Crippen molar-refractivity contribution in [2.45, 2.75) is 74.4 Å². The van der Waals surface area contributed by atoms with Crippen LogP contribution in [0.4, 0.5) is 4.39 Å². The number of aliphatic hydroxyl groups is 1. The van der Waals surface area contributed by atoms with Gasteiger partial charge in [0.05, 0.1) is 11.1 Å². The number of hydrogen-bond donors (Lipinski definition) is 4. The van der Waals surface area contributed by atoms with Gasteiger partial charge in [-0.2, -0.15) is 0 Å². The van der Waals surface area contributed by atoms with Crippen LogP contribution in [0.3, 0.4) is 0 Å². The standard InChI is InChI=1S/C28H30Cl2FN3O5/c29-15-1-4-24-19(5-15)22(32-16-6-17(35)7-16)9-25(39-24)27(37)34-28-10-14(11-28)23(12-28)33-26(36)13-38-18-2-3-20(30)21(31)8-18/h1-5,8,14,16-17,22-23,25,32,35H,6-7,9-13H2,(H,33,36)(H,34,37)/t14?,16?,17?,22-,23?,25+,28?/m1/s1. The van der Waals surface area contributed by atoms with Crippen molar-refractivity contribution in [1.29, 1.82) is 0 Å². The van der Waals surface area contributed by atoms with Crippen LogP contribution in [0.2, 0.25) is 10.0 Å². The Hall–Kier alpha value is -2.59. The van der Waals surface area contributed by atoms with Crippen molar-refractivity contribution in [3.8, 4) is 11.5 Å². The van der Waals surface area contributed by atoms with E-state index >= 15 is 0 Å². The first-order valence-corrected chi connectivity index (χ1v) is 14.0. The molecule has 1 aliphatic heterocycles. The average Bonchev–Trinajstić information content (AvgIpc) is 3.37. The van der Waals surface area contributed by atoms with Crippen LogP contribution < -0.4 is 25.4 Å². The third kappa shape index (κ3) is 5.55. The van der Waals surface area contributed by atoms with Crippen LogP contribution in [0.15, 0.2) is 36.4 Å². The Morgan fingerprint density at radius 1 is 1.10 bits per heavy atom. The topological polar surface area (TPSA) is 109 Å². The number of aliphatic hydroxyl groups excluding tert-OH is 1. The van der Waals surface area contributed by atoms with Crippen molar-refractivity contribution in [2.24, 2.45) is 5.92 Å². The molecule has 2 aromatic rings. The molecule has 0 radical (unpaired) electrons. The van der Waals surface area contributed by atoms with Crippen LogP contribution in [-0.2, 0) is 9.59 Å². The van der Waals surface area contributed by atoms with Gasteiger partial charge in [-0.1, -0.05) is 23.2 Å². The maximum atomic E-state index is 13.6. The molecular weight excluding hydrogens is 548 g/mol. The van der Waals surface area contributed by atoms with Gasteiger partial charge in [0.2, 0.25) is 0 Å². The summed E-state index contributed by atoms with van der Waals surface area (Å²) in [7, 11) is 0. The van der Waals surface area contributed by atoms with Crippen LogP contribution in [0.25, 0.3) is 0 Å². The molecule has 8 nitrogen and oxygen atoms in total. The minimum Gasteiger partial charge on any atom is -0.484 e. The molecule has 4 saturated carbocycles. The lowest BCUT2D eigenvalue weighted by molar-refractivity contribution is -0.132. The van der Waals surface area contributed by atoms with Gasteiger partial charge in [0.15, 0.2) is 12.7 Å². The highest BCUT2D eigenvalue weighted by atomic mass is 35.5. The number of carbonyl (C=O) groups is 2. The minimum atomic E-state index is -0.670. The first kappa shape index (κ1) is 26.6. The van der Waals surface area contributed by atoms with Crippen molar-refractivity contribution >= 4 is 35.0 Å². The highest BCUT2D eigenvalue weighted by Gasteiger charge is 2.57. The van der Waals surface area contributed by atoms with Crippen molar-refractivity contribution < 1.29 is 28.6 Å². The van der Waals surface area contributed by atoms with Gasteiger partial charge < -0.3 is 30.5 Å². The summed E-state index contributed by atoms with van der Waals surface area (Å²) in [5, 5.41) is 20.1. The zero-order valence-corrected chi connectivity index (χ0v) is 22.6. The van der Waals surface area contributed by atoms with E-state index in [9.17, 15) is 19.1 Å². The molecule has 0 saturated heterocycles. The molecule has 39 heavy (non-hydrogen) atoms. The third-order valence-electron chi connectivity index (χ3n) is 8.39. The van der Waals surface area contributed by atoms with Crippen molar-refractivity contribution in [1.82, 2.24) is 16.0 Å². The van der Waals surface area contributed by atoms with Gasteiger partial charge in [0, 0.05) is 46.7 Å². The number of rotatable bonds is 8. The summed E-state index contributed by atoms with van der Waals surface area (Å²) < 4.78 is 25.1. The Morgan fingerprint density at radius 3 is 2.64 bits per heavy atom. The Labute approximate surface area is 235 Å². The highest BCUT2D eigenvalue weighted by Crippen LogP contribution is 2.52. The van der Waals surface area contributed by atoms with E-state index in [2.05, 4.69) is 16.0 Å². The maximum Gasteiger partial charge on any atom is 0.261 e. The SMILES string of the molecule is O=C(COc1ccc(Cl)c(F)c1)NC1CC2(NC(=O)[C@@H]3C[C@@H](NC4CC(O)C4)c4cc(Cl)ccc4O3)CC1C2. The second-order valence-corrected chi connectivity index (χ2v) is 12.1. The zero-order valence-electron chi connectivity index (χ0n) is 21.1. The van der Waals surface area contributed by atoms with E-state index in [-0.39, 0.29) is 64.9 Å². The van der Waals surface area contributed by atoms with E-state index in [0.717, 1.165) is 24.5 Å². The molecule has 7 rings (SSSR count). The van der Waals surface area contributed by atoms with E-state index in [0.29, 0.717) is 36.5 Å². The summed E-state index contributed by atoms with van der Waals surface area (Å²) >= 11 is 11.9. The molecule has 208 valence electrons. The number of benzene rings is 2. The van der Waals surface area contributed by atoms with E-state index in [1.54, 1.807) is 12.1 Å². The number of hydrogen-bond acceptors (Lipinski definition) is 6. The summed E-state index contributed by atoms with van der Waals surface area (Å²) in [6.07, 6.45) is 3.07. The number of nitrogens with one attached hydrogen (secondary N) is 3. The number of fused-ring (bicyclic) bond motifs is 2. The number of ether oxygens (including phenoxy) is 2. The Kier molecular flexibility index (Phi) is 7.12. The summed E-state index contributed by atoms with van der Waals surface area (Å²) in [6, 6.07) is 9.43. The number of halogens is 3. The molecule has 1 heterocycles. The van der Waals surface area contributed by atoms with Crippen LogP contribution in [0.5, 0.6) is 11.5 Å². The van der Waals surface area contributed by atoms with E-state index < -0.39 is 11.9 Å². The Bertz CT molecular complexity index is 1280. The van der Waals surface area contributed by atoms with Gasteiger partial charge in [0.25, 0.3) is 11.8 Å².